The Morgan fingerprint density at radius 3 is 2.19 bits per heavy atom. The summed E-state index contributed by atoms with van der Waals surface area (Å²) in [4.78, 5) is 35.6. The van der Waals surface area contributed by atoms with Crippen LogP contribution in [0.4, 0.5) is 0 Å². The van der Waals surface area contributed by atoms with Crippen molar-refractivity contribution in [3.63, 3.8) is 0 Å². The van der Waals surface area contributed by atoms with Gasteiger partial charge < -0.3 is 10.2 Å². The third-order valence-corrected chi connectivity index (χ3v) is 2.96. The van der Waals surface area contributed by atoms with Crippen molar-refractivity contribution in [1.82, 2.24) is 20.7 Å². The van der Waals surface area contributed by atoms with Crippen molar-refractivity contribution in [3.05, 3.63) is 11.6 Å². The molecule has 0 radical (unpaired) electrons. The van der Waals surface area contributed by atoms with Crippen LogP contribution in [0.3, 0.4) is 0 Å². The molecule has 0 unspecified atom stereocenters. The van der Waals surface area contributed by atoms with Crippen LogP contribution in [0.5, 0.6) is 0 Å². The van der Waals surface area contributed by atoms with E-state index in [1.807, 2.05) is 13.8 Å². The maximum atomic E-state index is 11.9. The van der Waals surface area contributed by atoms with Gasteiger partial charge in [-0.3, -0.25) is 19.8 Å². The lowest BCUT2D eigenvalue weighted by molar-refractivity contribution is -0.132. The number of hydrogen-bond acceptors (Lipinski definition) is 4. The van der Waals surface area contributed by atoms with E-state index in [-0.39, 0.29) is 30.3 Å². The Balaban J connectivity index is 5.01. The summed E-state index contributed by atoms with van der Waals surface area (Å²) in [5.74, 6) is -0.285. The predicted octanol–water partition coefficient (Wildman–Crippen LogP) is -0.245. The van der Waals surface area contributed by atoms with Gasteiger partial charge in [0.1, 0.15) is 0 Å². The first-order valence-corrected chi connectivity index (χ1v) is 6.80. The maximum Gasteiger partial charge on any atom is 0.260 e. The Kier molecular flexibility index (Phi) is 8.30. The van der Waals surface area contributed by atoms with Crippen LogP contribution in [0, 0.1) is 5.92 Å². The van der Waals surface area contributed by atoms with E-state index in [1.54, 1.807) is 39.2 Å². The topological polar surface area (TPSA) is 81.8 Å². The Bertz CT molecular complexity index is 405. The minimum Gasteiger partial charge on any atom is -0.350 e. The van der Waals surface area contributed by atoms with Crippen molar-refractivity contribution in [3.8, 4) is 0 Å². The number of amides is 3. The molecule has 0 heterocycles. The number of likely N-dealkylation sites (N-methyl/N-ethyl adjacent to an activating group) is 1. The van der Waals surface area contributed by atoms with E-state index in [2.05, 4.69) is 10.7 Å². The highest BCUT2D eigenvalue weighted by Crippen LogP contribution is 2.13. The fraction of sp³-hybridized carbons (Fsp3) is 0.643. The number of hydrazine groups is 1. The Hall–Kier alpha value is -1.89. The molecule has 0 spiro atoms. The maximum absolute atomic E-state index is 11.9. The average Bonchev–Trinajstić information content (AvgIpc) is 2.39. The molecule has 0 aromatic rings. The number of carbonyl (C=O) groups is 3. The largest absolute Gasteiger partial charge is 0.350 e. The van der Waals surface area contributed by atoms with Gasteiger partial charge >= 0.3 is 0 Å². The summed E-state index contributed by atoms with van der Waals surface area (Å²) in [7, 11) is 5.12. The molecule has 7 heteroatoms. The lowest BCUT2D eigenvalue weighted by Crippen LogP contribution is -2.44. The van der Waals surface area contributed by atoms with Gasteiger partial charge in [-0.15, -0.1) is 0 Å². The zero-order chi connectivity index (χ0) is 16.6. The van der Waals surface area contributed by atoms with Crippen molar-refractivity contribution in [2.75, 3.05) is 27.7 Å². The fourth-order valence-electron chi connectivity index (χ4n) is 1.79. The monoisotopic (exact) mass is 298 g/mol. The third kappa shape index (κ3) is 6.89. The molecule has 1 atom stereocenters. The van der Waals surface area contributed by atoms with Crippen LogP contribution in [0.25, 0.3) is 0 Å². The molecular formula is C14H26N4O3. The fourth-order valence-corrected chi connectivity index (χ4v) is 1.79. The van der Waals surface area contributed by atoms with Crippen molar-refractivity contribution >= 4 is 18.2 Å². The third-order valence-electron chi connectivity index (χ3n) is 2.96. The van der Waals surface area contributed by atoms with Gasteiger partial charge in [0, 0.05) is 26.7 Å². The van der Waals surface area contributed by atoms with Crippen molar-refractivity contribution in [2.24, 2.45) is 5.92 Å². The second-order valence-electron chi connectivity index (χ2n) is 5.42. The molecule has 0 aliphatic heterocycles. The van der Waals surface area contributed by atoms with Crippen molar-refractivity contribution < 1.29 is 14.4 Å². The van der Waals surface area contributed by atoms with Crippen LogP contribution in [0.1, 0.15) is 20.8 Å². The number of carbonyl (C=O) groups excluding carboxylic acids is 3. The van der Waals surface area contributed by atoms with E-state index in [9.17, 15) is 14.4 Å². The molecule has 0 saturated carbocycles. The van der Waals surface area contributed by atoms with Gasteiger partial charge in [-0.25, -0.2) is 5.01 Å². The molecule has 0 saturated heterocycles. The van der Waals surface area contributed by atoms with Gasteiger partial charge in [-0.2, -0.15) is 0 Å². The molecule has 21 heavy (non-hydrogen) atoms. The highest BCUT2D eigenvalue weighted by atomic mass is 16.2. The summed E-state index contributed by atoms with van der Waals surface area (Å²) in [6, 6.07) is -0.223. The smallest absolute Gasteiger partial charge is 0.260 e. The quantitative estimate of drug-likeness (QED) is 0.368. The van der Waals surface area contributed by atoms with Crippen LogP contribution < -0.4 is 10.7 Å². The average molecular weight is 298 g/mol. The lowest BCUT2D eigenvalue weighted by atomic mass is 10.00. The molecular weight excluding hydrogens is 272 g/mol. The summed E-state index contributed by atoms with van der Waals surface area (Å²) in [5, 5.41) is 3.91. The lowest BCUT2D eigenvalue weighted by Gasteiger charge is -2.29. The second kappa shape index (κ2) is 9.12. The van der Waals surface area contributed by atoms with Crippen LogP contribution in [-0.2, 0) is 14.4 Å². The van der Waals surface area contributed by atoms with Crippen LogP contribution in [-0.4, -0.2) is 61.9 Å². The summed E-state index contributed by atoms with van der Waals surface area (Å²) >= 11 is 0. The van der Waals surface area contributed by atoms with E-state index in [1.165, 1.54) is 4.90 Å². The molecule has 0 fully saturated rings. The molecule has 0 aromatic heterocycles. The summed E-state index contributed by atoms with van der Waals surface area (Å²) < 4.78 is 0. The molecule has 0 aliphatic carbocycles. The van der Waals surface area contributed by atoms with E-state index in [0.29, 0.717) is 12.0 Å². The molecule has 0 aromatic carbocycles. The molecule has 0 bridgehead atoms. The van der Waals surface area contributed by atoms with Crippen LogP contribution in [0.2, 0.25) is 0 Å². The molecule has 7 nitrogen and oxygen atoms in total. The van der Waals surface area contributed by atoms with Gasteiger partial charge in [0.2, 0.25) is 12.3 Å². The number of rotatable bonds is 8. The predicted molar refractivity (Wildman–Crippen MR) is 81.0 cm³/mol. The van der Waals surface area contributed by atoms with E-state index in [0.717, 1.165) is 0 Å². The van der Waals surface area contributed by atoms with Gasteiger partial charge in [-0.1, -0.05) is 19.9 Å². The number of hydrogen-bond donors (Lipinski definition) is 2. The highest BCUT2D eigenvalue weighted by molar-refractivity contribution is 5.92. The van der Waals surface area contributed by atoms with Gasteiger partial charge in [0.25, 0.3) is 5.91 Å². The molecule has 3 amide bonds. The Morgan fingerprint density at radius 2 is 1.76 bits per heavy atom. The van der Waals surface area contributed by atoms with Gasteiger partial charge in [0.15, 0.2) is 0 Å². The summed E-state index contributed by atoms with van der Waals surface area (Å²) in [6.45, 7) is 5.58. The first-order valence-electron chi connectivity index (χ1n) is 6.80. The normalized spacial score (nSPS) is 13.0. The zero-order valence-corrected chi connectivity index (χ0v) is 13.6. The second-order valence-corrected chi connectivity index (χ2v) is 5.42. The number of nitrogens with one attached hydrogen (secondary N) is 2. The minimum absolute atomic E-state index is 0.0556. The number of nitrogens with zero attached hydrogens (tertiary/aromatic N) is 2. The van der Waals surface area contributed by atoms with E-state index in [4.69, 9.17) is 0 Å². The van der Waals surface area contributed by atoms with Crippen LogP contribution in [0.15, 0.2) is 11.6 Å². The van der Waals surface area contributed by atoms with Crippen molar-refractivity contribution in [1.29, 1.82) is 0 Å². The summed E-state index contributed by atoms with van der Waals surface area (Å²) in [5.41, 5.74) is 3.19. The Labute approximate surface area is 126 Å². The Morgan fingerprint density at radius 1 is 1.19 bits per heavy atom. The van der Waals surface area contributed by atoms with Crippen molar-refractivity contribution in [2.45, 2.75) is 26.8 Å². The highest BCUT2D eigenvalue weighted by Gasteiger charge is 2.22. The standard InChI is InChI=1S/C14H26N4O3/c1-10(2)12(18(6)13(20)8-15-9-19)7-11(3)14(21)16-17(4)5/h7,9-10,12H,8H2,1-6H3,(H,15,19)(H,16,21)/b11-7+/t12-/m1/s1. The molecule has 2 N–H and O–H groups in total. The van der Waals surface area contributed by atoms with Gasteiger partial charge in [0.05, 0.1) is 12.6 Å². The zero-order valence-electron chi connectivity index (χ0n) is 13.6. The molecule has 0 rings (SSSR count). The SMILES string of the molecule is C/C(=C\[C@H](C(C)C)N(C)C(=O)CNC=O)C(=O)NN(C)C. The first kappa shape index (κ1) is 19.1. The minimum atomic E-state index is -0.223. The molecule has 0 aliphatic rings. The summed E-state index contributed by atoms with van der Waals surface area (Å²) in [6.07, 6.45) is 2.25. The molecule has 120 valence electrons. The van der Waals surface area contributed by atoms with E-state index >= 15 is 0 Å². The van der Waals surface area contributed by atoms with Crippen LogP contribution >= 0.6 is 0 Å². The van der Waals surface area contributed by atoms with Gasteiger partial charge in [-0.05, 0) is 12.8 Å². The first-order chi connectivity index (χ1) is 9.70. The van der Waals surface area contributed by atoms with E-state index < -0.39 is 0 Å².